The molecule has 0 bridgehead atoms. The highest BCUT2D eigenvalue weighted by molar-refractivity contribution is 6.01. The van der Waals surface area contributed by atoms with Crippen molar-refractivity contribution in [3.8, 4) is 0 Å². The molecule has 0 saturated carbocycles. The molecule has 2 aromatic rings. The first-order valence-electron chi connectivity index (χ1n) is 7.48. The van der Waals surface area contributed by atoms with E-state index in [1.165, 1.54) is 0 Å². The van der Waals surface area contributed by atoms with E-state index >= 15 is 0 Å². The van der Waals surface area contributed by atoms with Gasteiger partial charge in [-0.25, -0.2) is 0 Å². The Morgan fingerprint density at radius 3 is 2.12 bits per heavy atom. The van der Waals surface area contributed by atoms with Crippen molar-refractivity contribution in [3.05, 3.63) is 71.3 Å². The number of aryl methyl sites for hydroxylation is 1. The molecule has 128 valence electrons. The van der Waals surface area contributed by atoms with Gasteiger partial charge >= 0.3 is 5.97 Å². The number of rotatable bonds is 6. The highest BCUT2D eigenvalue weighted by Crippen LogP contribution is 2.21. The molecule has 5 nitrogen and oxygen atoms in total. The van der Waals surface area contributed by atoms with E-state index in [2.05, 4.69) is 4.74 Å². The summed E-state index contributed by atoms with van der Waals surface area (Å²) >= 11 is 0. The lowest BCUT2D eigenvalue weighted by molar-refractivity contribution is -0.136. The van der Waals surface area contributed by atoms with Gasteiger partial charge in [0.2, 0.25) is 0 Å². The van der Waals surface area contributed by atoms with Crippen LogP contribution in [0.5, 0.6) is 0 Å². The molecule has 2 N–H and O–H groups in total. The molecule has 0 fully saturated rings. The Labute approximate surface area is 141 Å². The van der Waals surface area contributed by atoms with Gasteiger partial charge in [0, 0.05) is 26.2 Å². The molecule has 0 saturated heterocycles. The molecule has 0 aliphatic rings. The van der Waals surface area contributed by atoms with Gasteiger partial charge in [-0.15, -0.1) is 0 Å². The summed E-state index contributed by atoms with van der Waals surface area (Å²) in [6.07, 6.45) is -1.03. The van der Waals surface area contributed by atoms with Gasteiger partial charge in [0.1, 0.15) is 6.10 Å². The van der Waals surface area contributed by atoms with Gasteiger partial charge in [0.25, 0.3) is 0 Å². The summed E-state index contributed by atoms with van der Waals surface area (Å²) in [6.45, 7) is 0. The van der Waals surface area contributed by atoms with E-state index in [9.17, 15) is 14.7 Å². The maximum atomic E-state index is 12.4. The Morgan fingerprint density at radius 2 is 1.54 bits per heavy atom. The largest absolute Gasteiger partial charge is 0.481 e. The third-order valence-electron chi connectivity index (χ3n) is 3.25. The Bertz CT molecular complexity index is 652. The first-order valence-corrected chi connectivity index (χ1v) is 7.48. The minimum atomic E-state index is -1.24. The molecule has 5 heteroatoms. The number of aliphatic hydroxyl groups is 1. The highest BCUT2D eigenvalue weighted by atomic mass is 16.4. The number of carbonyl (C=O) groups is 2. The molecular formula is C19H22O5. The monoisotopic (exact) mass is 330 g/mol. The number of aliphatic carboxylic acids is 1. The predicted molar refractivity (Wildman–Crippen MR) is 91.1 cm³/mol. The van der Waals surface area contributed by atoms with Crippen molar-refractivity contribution < 1.29 is 24.5 Å². The van der Waals surface area contributed by atoms with Crippen LogP contribution in [-0.4, -0.2) is 36.2 Å². The maximum absolute atomic E-state index is 12.4. The summed E-state index contributed by atoms with van der Waals surface area (Å²) < 4.78 is 4.25. The summed E-state index contributed by atoms with van der Waals surface area (Å²) in [5.74, 6) is -1.33. The first kappa shape index (κ1) is 19.5. The number of carbonyl (C=O) groups excluding carboxylic acids is 1. The average molecular weight is 330 g/mol. The highest BCUT2D eigenvalue weighted by Gasteiger charge is 2.21. The minimum Gasteiger partial charge on any atom is -0.481 e. The van der Waals surface area contributed by atoms with E-state index in [-0.39, 0.29) is 12.8 Å². The molecule has 0 aliphatic carbocycles. The second-order valence-corrected chi connectivity index (χ2v) is 5.14. The zero-order valence-electron chi connectivity index (χ0n) is 13.8. The molecule has 1 unspecified atom stereocenters. The van der Waals surface area contributed by atoms with Gasteiger partial charge in [-0.1, -0.05) is 54.6 Å². The summed E-state index contributed by atoms with van der Waals surface area (Å²) in [5, 5.41) is 18.9. The van der Waals surface area contributed by atoms with Crippen LogP contribution in [0.3, 0.4) is 0 Å². The van der Waals surface area contributed by atoms with Crippen molar-refractivity contribution in [2.45, 2.75) is 18.9 Å². The molecule has 2 aromatic carbocycles. The zero-order valence-corrected chi connectivity index (χ0v) is 13.8. The van der Waals surface area contributed by atoms with Crippen LogP contribution in [0.4, 0.5) is 0 Å². The number of carboxylic acids is 1. The van der Waals surface area contributed by atoms with E-state index in [0.717, 1.165) is 0 Å². The number of aliphatic hydroxyl groups excluding tert-OH is 1. The van der Waals surface area contributed by atoms with Crippen molar-refractivity contribution in [2.75, 3.05) is 14.2 Å². The average Bonchev–Trinajstić information content (AvgIpc) is 2.60. The van der Waals surface area contributed by atoms with Gasteiger partial charge in [-0.05, 0) is 17.5 Å². The fraction of sp³-hybridized carbons (Fsp3) is 0.263. The van der Waals surface area contributed by atoms with E-state index in [1.54, 1.807) is 62.8 Å². The number of Topliss-reactive ketones (excluding diaryl/α,β-unsaturated/α-hetero) is 1. The molecule has 0 spiro atoms. The van der Waals surface area contributed by atoms with Crippen molar-refractivity contribution in [3.63, 3.8) is 0 Å². The molecule has 1 atom stereocenters. The molecular weight excluding hydrogens is 308 g/mol. The Hall–Kier alpha value is -2.50. The third-order valence-corrected chi connectivity index (χ3v) is 3.25. The molecule has 24 heavy (non-hydrogen) atoms. The molecule has 0 aromatic heterocycles. The molecule has 0 aliphatic heterocycles. The Kier molecular flexibility index (Phi) is 8.39. The van der Waals surface area contributed by atoms with Gasteiger partial charge in [-0.3, -0.25) is 9.59 Å². The van der Waals surface area contributed by atoms with Crippen LogP contribution in [0.2, 0.25) is 0 Å². The summed E-state index contributed by atoms with van der Waals surface area (Å²) in [7, 11) is 3.25. The molecule has 2 rings (SSSR count). The summed E-state index contributed by atoms with van der Waals surface area (Å²) in [5.41, 5.74) is 1.53. The quantitative estimate of drug-likeness (QED) is 0.796. The maximum Gasteiger partial charge on any atom is 0.303 e. The second-order valence-electron chi connectivity index (χ2n) is 5.14. The van der Waals surface area contributed by atoms with Crippen molar-refractivity contribution >= 4 is 11.8 Å². The van der Waals surface area contributed by atoms with E-state index < -0.39 is 17.9 Å². The summed E-state index contributed by atoms with van der Waals surface area (Å²) in [4.78, 5) is 23.1. The predicted octanol–water partition coefficient (Wildman–Crippen LogP) is 2.88. The summed E-state index contributed by atoms with van der Waals surface area (Å²) in [6, 6.07) is 15.5. The van der Waals surface area contributed by atoms with Gasteiger partial charge in [0.05, 0.1) is 0 Å². The number of ether oxygens (including phenoxy) is 1. The minimum absolute atomic E-state index is 0.0499. The van der Waals surface area contributed by atoms with Crippen LogP contribution >= 0.6 is 0 Å². The standard InChI is InChI=1S/C17H16O4.C2H6O/c18-15(19)11-10-12-6-4-5-9-14(12)17(21)16(20)13-7-2-1-3-8-13;1-3-2/h1-9,16,20H,10-11H2,(H,18,19);1-2H3. The lowest BCUT2D eigenvalue weighted by Gasteiger charge is -2.13. The van der Waals surface area contributed by atoms with E-state index in [1.807, 2.05) is 6.07 Å². The van der Waals surface area contributed by atoms with Crippen molar-refractivity contribution in [2.24, 2.45) is 0 Å². The first-order chi connectivity index (χ1) is 11.5. The number of ketones is 1. The Morgan fingerprint density at radius 1 is 1.00 bits per heavy atom. The SMILES string of the molecule is COC.O=C(O)CCc1ccccc1C(=O)C(O)c1ccccc1. The van der Waals surface area contributed by atoms with Gasteiger partial charge in [0.15, 0.2) is 5.78 Å². The molecule has 0 radical (unpaired) electrons. The van der Waals surface area contributed by atoms with Crippen LogP contribution in [0.15, 0.2) is 54.6 Å². The zero-order chi connectivity index (χ0) is 17.9. The van der Waals surface area contributed by atoms with Crippen molar-refractivity contribution in [1.29, 1.82) is 0 Å². The van der Waals surface area contributed by atoms with Gasteiger partial charge in [-0.2, -0.15) is 0 Å². The van der Waals surface area contributed by atoms with E-state index in [0.29, 0.717) is 16.7 Å². The number of benzene rings is 2. The van der Waals surface area contributed by atoms with Crippen LogP contribution < -0.4 is 0 Å². The van der Waals surface area contributed by atoms with Crippen LogP contribution in [0.1, 0.15) is 34.0 Å². The number of methoxy groups -OCH3 is 1. The fourth-order valence-corrected chi connectivity index (χ4v) is 2.15. The molecule has 0 heterocycles. The molecule has 0 amide bonds. The fourth-order valence-electron chi connectivity index (χ4n) is 2.15. The Balaban J connectivity index is 0.000000891. The lowest BCUT2D eigenvalue weighted by Crippen LogP contribution is -2.14. The number of hydrogen-bond acceptors (Lipinski definition) is 4. The van der Waals surface area contributed by atoms with E-state index in [4.69, 9.17) is 5.11 Å². The number of carboxylic acid groups (broad SMARTS) is 1. The third kappa shape index (κ3) is 5.95. The van der Waals surface area contributed by atoms with Crippen LogP contribution in [0, 0.1) is 0 Å². The number of hydrogen-bond donors (Lipinski definition) is 2. The van der Waals surface area contributed by atoms with Crippen LogP contribution in [0.25, 0.3) is 0 Å². The van der Waals surface area contributed by atoms with Gasteiger partial charge < -0.3 is 14.9 Å². The normalized spacial score (nSPS) is 11.1. The topological polar surface area (TPSA) is 83.8 Å². The van der Waals surface area contributed by atoms with Crippen LogP contribution in [-0.2, 0) is 16.0 Å². The van der Waals surface area contributed by atoms with Crippen molar-refractivity contribution in [1.82, 2.24) is 0 Å². The lowest BCUT2D eigenvalue weighted by atomic mass is 9.94. The smallest absolute Gasteiger partial charge is 0.303 e. The second kappa shape index (κ2) is 10.3.